The molecule has 0 spiro atoms. The number of piperidine rings is 1. The molecule has 1 amide bonds. The van der Waals surface area contributed by atoms with Gasteiger partial charge in [-0.3, -0.25) is 9.59 Å². The van der Waals surface area contributed by atoms with Crippen LogP contribution in [0.15, 0.2) is 22.7 Å². The Hall–Kier alpha value is -1.43. The quantitative estimate of drug-likeness (QED) is 0.884. The number of carboxylic acids is 1. The molecule has 1 heterocycles. The summed E-state index contributed by atoms with van der Waals surface area (Å²) >= 11 is 3.14. The molecule has 2 rings (SSSR count). The van der Waals surface area contributed by atoms with Crippen molar-refractivity contribution in [3.05, 3.63) is 34.1 Å². The van der Waals surface area contributed by atoms with Crippen molar-refractivity contribution in [3.63, 3.8) is 0 Å². The third kappa shape index (κ3) is 4.06. The highest BCUT2D eigenvalue weighted by Crippen LogP contribution is 2.22. The summed E-state index contributed by atoms with van der Waals surface area (Å²) in [5.74, 6) is -1.93. The number of halogens is 2. The Kier molecular flexibility index (Phi) is 5.56. The average Bonchev–Trinajstić information content (AvgIpc) is 2.50. The zero-order valence-corrected chi connectivity index (χ0v) is 14.0. The normalized spacial score (nSPS) is 19.8. The number of aliphatic carboxylic acids is 1. The molecule has 2 atom stereocenters. The first kappa shape index (κ1) is 16.9. The summed E-state index contributed by atoms with van der Waals surface area (Å²) in [5, 5.41) is 9.09. The lowest BCUT2D eigenvalue weighted by atomic mass is 9.95. The van der Waals surface area contributed by atoms with Crippen LogP contribution >= 0.6 is 15.9 Å². The standard InChI is InChI=1S/C16H19BrFNO3/c1-10(7-11-4-5-14(18)13(17)8-11)15(20)19-6-2-3-12(9-19)16(21)22/h4-5,8,10,12H,2-3,6-7,9H2,1H3,(H,21,22). The molecular formula is C16H19BrFNO3. The predicted molar refractivity (Wildman–Crippen MR) is 83.9 cm³/mol. The number of carbonyl (C=O) groups is 2. The fourth-order valence-electron chi connectivity index (χ4n) is 2.80. The van der Waals surface area contributed by atoms with E-state index in [9.17, 15) is 14.0 Å². The molecule has 0 radical (unpaired) electrons. The number of amides is 1. The molecule has 1 saturated heterocycles. The van der Waals surface area contributed by atoms with Gasteiger partial charge in [0.15, 0.2) is 0 Å². The lowest BCUT2D eigenvalue weighted by Gasteiger charge is -2.32. The molecule has 6 heteroatoms. The summed E-state index contributed by atoms with van der Waals surface area (Å²) in [7, 11) is 0. The molecule has 1 aliphatic heterocycles. The van der Waals surface area contributed by atoms with Crippen LogP contribution < -0.4 is 0 Å². The number of carboxylic acid groups (broad SMARTS) is 1. The van der Waals surface area contributed by atoms with Gasteiger partial charge in [0.05, 0.1) is 10.4 Å². The van der Waals surface area contributed by atoms with E-state index in [-0.39, 0.29) is 24.2 Å². The number of benzene rings is 1. The van der Waals surface area contributed by atoms with E-state index in [4.69, 9.17) is 5.11 Å². The third-order valence-electron chi connectivity index (χ3n) is 4.03. The van der Waals surface area contributed by atoms with Gasteiger partial charge in [0.2, 0.25) is 5.91 Å². The van der Waals surface area contributed by atoms with Crippen LogP contribution in [0, 0.1) is 17.7 Å². The molecule has 1 N–H and O–H groups in total. The van der Waals surface area contributed by atoms with Crippen molar-refractivity contribution in [2.24, 2.45) is 11.8 Å². The molecule has 4 nitrogen and oxygen atoms in total. The van der Waals surface area contributed by atoms with Crippen molar-refractivity contribution in [2.45, 2.75) is 26.2 Å². The van der Waals surface area contributed by atoms with Gasteiger partial charge in [-0.15, -0.1) is 0 Å². The Morgan fingerprint density at radius 3 is 2.86 bits per heavy atom. The van der Waals surface area contributed by atoms with Gasteiger partial charge in [-0.05, 0) is 52.9 Å². The smallest absolute Gasteiger partial charge is 0.308 e. The van der Waals surface area contributed by atoms with E-state index in [1.54, 1.807) is 17.0 Å². The second-order valence-corrected chi connectivity index (χ2v) is 6.67. The highest BCUT2D eigenvalue weighted by atomic mass is 79.9. The van der Waals surface area contributed by atoms with Crippen molar-refractivity contribution < 1.29 is 19.1 Å². The largest absolute Gasteiger partial charge is 0.481 e. The van der Waals surface area contributed by atoms with Crippen molar-refractivity contribution in [1.29, 1.82) is 0 Å². The Morgan fingerprint density at radius 1 is 1.50 bits per heavy atom. The van der Waals surface area contributed by atoms with Crippen LogP contribution in [0.3, 0.4) is 0 Å². The van der Waals surface area contributed by atoms with Crippen LogP contribution in [0.2, 0.25) is 0 Å². The number of nitrogens with zero attached hydrogens (tertiary/aromatic N) is 1. The SMILES string of the molecule is CC(Cc1ccc(F)c(Br)c1)C(=O)N1CCCC(C(=O)O)C1. The Labute approximate surface area is 137 Å². The minimum absolute atomic E-state index is 0.0357. The van der Waals surface area contributed by atoms with E-state index < -0.39 is 11.9 Å². The summed E-state index contributed by atoms with van der Waals surface area (Å²) in [5.41, 5.74) is 0.876. The summed E-state index contributed by atoms with van der Waals surface area (Å²) in [6.45, 7) is 2.72. The van der Waals surface area contributed by atoms with E-state index in [1.807, 2.05) is 6.92 Å². The van der Waals surface area contributed by atoms with Gasteiger partial charge in [-0.1, -0.05) is 13.0 Å². The maximum Gasteiger partial charge on any atom is 0.308 e. The lowest BCUT2D eigenvalue weighted by Crippen LogP contribution is -2.44. The molecule has 1 aliphatic rings. The lowest BCUT2D eigenvalue weighted by molar-refractivity contribution is -0.146. The minimum Gasteiger partial charge on any atom is -0.481 e. The fraction of sp³-hybridized carbons (Fsp3) is 0.500. The Balaban J connectivity index is 1.99. The van der Waals surface area contributed by atoms with Crippen molar-refractivity contribution >= 4 is 27.8 Å². The molecule has 22 heavy (non-hydrogen) atoms. The van der Waals surface area contributed by atoms with E-state index in [0.29, 0.717) is 23.9 Å². The summed E-state index contributed by atoms with van der Waals surface area (Å²) in [6.07, 6.45) is 1.85. The maximum atomic E-state index is 13.2. The highest BCUT2D eigenvalue weighted by molar-refractivity contribution is 9.10. The van der Waals surface area contributed by atoms with Gasteiger partial charge in [-0.2, -0.15) is 0 Å². The van der Waals surface area contributed by atoms with Crippen molar-refractivity contribution in [2.75, 3.05) is 13.1 Å². The molecule has 0 saturated carbocycles. The molecule has 120 valence electrons. The second kappa shape index (κ2) is 7.22. The molecule has 0 aromatic heterocycles. The monoisotopic (exact) mass is 371 g/mol. The second-order valence-electron chi connectivity index (χ2n) is 5.82. The van der Waals surface area contributed by atoms with E-state index in [2.05, 4.69) is 15.9 Å². The van der Waals surface area contributed by atoms with Crippen LogP contribution in [0.25, 0.3) is 0 Å². The zero-order valence-electron chi connectivity index (χ0n) is 12.4. The molecule has 0 bridgehead atoms. The molecule has 1 fully saturated rings. The fourth-order valence-corrected chi connectivity index (χ4v) is 3.22. The van der Waals surface area contributed by atoms with Crippen molar-refractivity contribution in [3.8, 4) is 0 Å². The van der Waals surface area contributed by atoms with E-state index >= 15 is 0 Å². The summed E-state index contributed by atoms with van der Waals surface area (Å²) in [6, 6.07) is 4.72. The first-order valence-electron chi connectivity index (χ1n) is 7.34. The number of carbonyl (C=O) groups excluding carboxylic acids is 1. The molecule has 0 aliphatic carbocycles. The van der Waals surface area contributed by atoms with Crippen molar-refractivity contribution in [1.82, 2.24) is 4.90 Å². The van der Waals surface area contributed by atoms with E-state index in [0.717, 1.165) is 12.0 Å². The summed E-state index contributed by atoms with van der Waals surface area (Å²) in [4.78, 5) is 25.2. The predicted octanol–water partition coefficient (Wildman–Crippen LogP) is 3.09. The van der Waals surface area contributed by atoms with Crippen LogP contribution in [-0.4, -0.2) is 35.0 Å². The molecule has 1 aromatic rings. The number of hydrogen-bond donors (Lipinski definition) is 1. The summed E-state index contributed by atoms with van der Waals surface area (Å²) < 4.78 is 13.6. The maximum absolute atomic E-state index is 13.2. The molecule has 1 aromatic carbocycles. The minimum atomic E-state index is -0.840. The number of likely N-dealkylation sites (tertiary alicyclic amines) is 1. The molecule has 2 unspecified atom stereocenters. The third-order valence-corrected chi connectivity index (χ3v) is 4.64. The van der Waals surface area contributed by atoms with Crippen LogP contribution in [0.5, 0.6) is 0 Å². The van der Waals surface area contributed by atoms with E-state index in [1.165, 1.54) is 6.07 Å². The average molecular weight is 372 g/mol. The molecular weight excluding hydrogens is 353 g/mol. The number of hydrogen-bond acceptors (Lipinski definition) is 2. The van der Waals surface area contributed by atoms with Crippen LogP contribution in [0.4, 0.5) is 4.39 Å². The van der Waals surface area contributed by atoms with Gasteiger partial charge in [0, 0.05) is 19.0 Å². The Bertz CT molecular complexity index is 579. The first-order chi connectivity index (χ1) is 10.4. The number of rotatable bonds is 4. The first-order valence-corrected chi connectivity index (χ1v) is 8.13. The van der Waals surface area contributed by atoms with Gasteiger partial charge in [-0.25, -0.2) is 4.39 Å². The zero-order chi connectivity index (χ0) is 16.3. The van der Waals surface area contributed by atoms with Gasteiger partial charge in [0.25, 0.3) is 0 Å². The Morgan fingerprint density at radius 2 is 2.23 bits per heavy atom. The topological polar surface area (TPSA) is 57.6 Å². The van der Waals surface area contributed by atoms with Gasteiger partial charge >= 0.3 is 5.97 Å². The van der Waals surface area contributed by atoms with Crippen LogP contribution in [0.1, 0.15) is 25.3 Å². The van der Waals surface area contributed by atoms with Crippen LogP contribution in [-0.2, 0) is 16.0 Å². The van der Waals surface area contributed by atoms with Gasteiger partial charge < -0.3 is 10.0 Å². The highest BCUT2D eigenvalue weighted by Gasteiger charge is 2.30. The van der Waals surface area contributed by atoms with Gasteiger partial charge in [0.1, 0.15) is 5.82 Å².